The van der Waals surface area contributed by atoms with E-state index >= 15 is 0 Å². The molecule has 0 radical (unpaired) electrons. The van der Waals surface area contributed by atoms with Crippen molar-refractivity contribution < 1.29 is 22.4 Å². The first-order valence-corrected chi connectivity index (χ1v) is 8.32. The Morgan fingerprint density at radius 3 is 2.54 bits per heavy atom. The van der Waals surface area contributed by atoms with Gasteiger partial charge in [-0.2, -0.15) is 13.2 Å². The van der Waals surface area contributed by atoms with Gasteiger partial charge in [0.1, 0.15) is 5.82 Å². The topological polar surface area (TPSA) is 29.1 Å². The lowest BCUT2D eigenvalue weighted by atomic mass is 9.86. The number of hydrogen-bond donors (Lipinski definition) is 1. The zero-order chi connectivity index (χ0) is 19.3. The van der Waals surface area contributed by atoms with Crippen LogP contribution >= 0.6 is 0 Å². The minimum absolute atomic E-state index is 0.0670. The SMILES string of the molecule is CC1CC(C)(C)c2cccc(NC(=O)c3ccc(F)cc3C(F)(F)F)c21. The van der Waals surface area contributed by atoms with Gasteiger partial charge in [-0.15, -0.1) is 0 Å². The molecule has 3 rings (SSSR count). The van der Waals surface area contributed by atoms with Crippen LogP contribution < -0.4 is 5.32 Å². The van der Waals surface area contributed by atoms with Crippen LogP contribution in [0.2, 0.25) is 0 Å². The van der Waals surface area contributed by atoms with E-state index in [0.29, 0.717) is 11.8 Å². The number of rotatable bonds is 2. The molecule has 138 valence electrons. The molecule has 0 saturated heterocycles. The second kappa shape index (κ2) is 6.11. The highest BCUT2D eigenvalue weighted by atomic mass is 19.4. The summed E-state index contributed by atoms with van der Waals surface area (Å²) in [6, 6.07) is 7.51. The smallest absolute Gasteiger partial charge is 0.322 e. The van der Waals surface area contributed by atoms with Crippen LogP contribution in [-0.4, -0.2) is 5.91 Å². The summed E-state index contributed by atoms with van der Waals surface area (Å²) >= 11 is 0. The molecule has 0 fully saturated rings. The third-order valence-corrected chi connectivity index (χ3v) is 4.92. The first kappa shape index (κ1) is 18.4. The molecule has 2 nitrogen and oxygen atoms in total. The van der Waals surface area contributed by atoms with Gasteiger partial charge in [-0.05, 0) is 53.1 Å². The zero-order valence-corrected chi connectivity index (χ0v) is 14.7. The van der Waals surface area contributed by atoms with Crippen LogP contribution in [0.4, 0.5) is 23.2 Å². The molecule has 26 heavy (non-hydrogen) atoms. The van der Waals surface area contributed by atoms with E-state index in [-0.39, 0.29) is 11.3 Å². The standard InChI is InChI=1S/C20H19F4NO/c1-11-10-19(2,3)14-5-4-6-16(17(11)14)25-18(26)13-8-7-12(21)9-15(13)20(22,23)24/h4-9,11H,10H2,1-3H3,(H,25,26). The second-order valence-corrected chi connectivity index (χ2v) is 7.40. The molecule has 1 unspecified atom stereocenters. The van der Waals surface area contributed by atoms with Crippen LogP contribution in [0.15, 0.2) is 36.4 Å². The Morgan fingerprint density at radius 2 is 1.88 bits per heavy atom. The molecule has 0 bridgehead atoms. The maximum atomic E-state index is 13.3. The summed E-state index contributed by atoms with van der Waals surface area (Å²) in [4.78, 5) is 12.5. The molecular weight excluding hydrogens is 346 g/mol. The number of anilines is 1. The highest BCUT2D eigenvalue weighted by Gasteiger charge is 2.38. The minimum atomic E-state index is -4.82. The van der Waals surface area contributed by atoms with E-state index in [1.807, 2.05) is 13.0 Å². The van der Waals surface area contributed by atoms with Gasteiger partial charge in [0.2, 0.25) is 0 Å². The Balaban J connectivity index is 2.00. The molecule has 1 aliphatic rings. The lowest BCUT2D eigenvalue weighted by Crippen LogP contribution is -2.20. The fourth-order valence-corrected chi connectivity index (χ4v) is 3.91. The maximum absolute atomic E-state index is 13.3. The molecule has 2 aromatic carbocycles. The normalized spacial score (nSPS) is 18.5. The van der Waals surface area contributed by atoms with Crippen molar-refractivity contribution in [3.8, 4) is 0 Å². The highest BCUT2D eigenvalue weighted by molar-refractivity contribution is 6.06. The molecule has 1 aliphatic carbocycles. The van der Waals surface area contributed by atoms with Gasteiger partial charge in [0.05, 0.1) is 11.1 Å². The monoisotopic (exact) mass is 365 g/mol. The van der Waals surface area contributed by atoms with Crippen LogP contribution in [0.1, 0.15) is 60.2 Å². The molecule has 0 heterocycles. The number of nitrogens with one attached hydrogen (secondary N) is 1. The van der Waals surface area contributed by atoms with E-state index in [2.05, 4.69) is 19.2 Å². The van der Waals surface area contributed by atoms with Crippen LogP contribution in [0, 0.1) is 5.82 Å². The number of hydrogen-bond acceptors (Lipinski definition) is 1. The first-order valence-electron chi connectivity index (χ1n) is 8.32. The van der Waals surface area contributed by atoms with Crippen molar-refractivity contribution in [3.05, 3.63) is 64.5 Å². The Labute approximate surface area is 149 Å². The van der Waals surface area contributed by atoms with Crippen molar-refractivity contribution >= 4 is 11.6 Å². The molecule has 0 saturated carbocycles. The summed E-state index contributed by atoms with van der Waals surface area (Å²) in [5.41, 5.74) is 0.586. The predicted octanol–water partition coefficient (Wildman–Crippen LogP) is 5.88. The number of fused-ring (bicyclic) bond motifs is 1. The van der Waals surface area contributed by atoms with E-state index in [0.717, 1.165) is 29.7 Å². The second-order valence-electron chi connectivity index (χ2n) is 7.40. The number of halogens is 4. The first-order chi connectivity index (χ1) is 12.0. The van der Waals surface area contributed by atoms with Crippen LogP contribution in [0.3, 0.4) is 0 Å². The Bertz CT molecular complexity index is 871. The summed E-state index contributed by atoms with van der Waals surface area (Å²) < 4.78 is 52.7. The predicted molar refractivity (Wildman–Crippen MR) is 91.9 cm³/mol. The number of carbonyl (C=O) groups excluding carboxylic acids is 1. The van der Waals surface area contributed by atoms with Crippen molar-refractivity contribution in [2.24, 2.45) is 0 Å². The van der Waals surface area contributed by atoms with E-state index in [1.54, 1.807) is 12.1 Å². The molecule has 0 aromatic heterocycles. The Hall–Kier alpha value is -2.37. The third-order valence-electron chi connectivity index (χ3n) is 4.92. The lowest BCUT2D eigenvalue weighted by molar-refractivity contribution is -0.138. The zero-order valence-electron chi connectivity index (χ0n) is 14.7. The molecule has 1 atom stereocenters. The molecule has 0 spiro atoms. The van der Waals surface area contributed by atoms with Crippen LogP contribution in [-0.2, 0) is 11.6 Å². The number of amides is 1. The fraction of sp³-hybridized carbons (Fsp3) is 0.350. The molecular formula is C20H19F4NO. The summed E-state index contributed by atoms with van der Waals surface area (Å²) in [6.45, 7) is 6.23. The summed E-state index contributed by atoms with van der Waals surface area (Å²) in [5, 5.41) is 2.60. The van der Waals surface area contributed by atoms with Crippen molar-refractivity contribution in [2.45, 2.75) is 44.7 Å². The summed E-state index contributed by atoms with van der Waals surface area (Å²) in [5.74, 6) is -1.76. The molecule has 2 aromatic rings. The Kier molecular flexibility index (Phi) is 4.33. The van der Waals surface area contributed by atoms with E-state index < -0.39 is 29.0 Å². The van der Waals surface area contributed by atoms with Gasteiger partial charge in [-0.1, -0.05) is 32.9 Å². The largest absolute Gasteiger partial charge is 0.417 e. The van der Waals surface area contributed by atoms with Crippen molar-refractivity contribution in [2.75, 3.05) is 5.32 Å². The summed E-state index contributed by atoms with van der Waals surface area (Å²) in [7, 11) is 0. The molecule has 1 amide bonds. The van der Waals surface area contributed by atoms with Crippen LogP contribution in [0.5, 0.6) is 0 Å². The van der Waals surface area contributed by atoms with E-state index in [4.69, 9.17) is 0 Å². The molecule has 0 aliphatic heterocycles. The third kappa shape index (κ3) is 3.20. The van der Waals surface area contributed by atoms with Crippen molar-refractivity contribution in [3.63, 3.8) is 0 Å². The van der Waals surface area contributed by atoms with Crippen LogP contribution in [0.25, 0.3) is 0 Å². The maximum Gasteiger partial charge on any atom is 0.417 e. The average molecular weight is 365 g/mol. The molecule has 1 N–H and O–H groups in total. The van der Waals surface area contributed by atoms with Gasteiger partial charge in [0, 0.05) is 5.69 Å². The van der Waals surface area contributed by atoms with Gasteiger partial charge < -0.3 is 5.32 Å². The highest BCUT2D eigenvalue weighted by Crippen LogP contribution is 2.48. The average Bonchev–Trinajstić information content (AvgIpc) is 2.76. The number of carbonyl (C=O) groups is 1. The quantitative estimate of drug-likeness (QED) is 0.662. The number of alkyl halides is 3. The van der Waals surface area contributed by atoms with Gasteiger partial charge in [-0.25, -0.2) is 4.39 Å². The molecule has 6 heteroatoms. The van der Waals surface area contributed by atoms with Crippen molar-refractivity contribution in [1.82, 2.24) is 0 Å². The van der Waals surface area contributed by atoms with Gasteiger partial charge in [-0.3, -0.25) is 4.79 Å². The fourth-order valence-electron chi connectivity index (χ4n) is 3.91. The van der Waals surface area contributed by atoms with E-state index in [1.165, 1.54) is 0 Å². The van der Waals surface area contributed by atoms with Crippen molar-refractivity contribution in [1.29, 1.82) is 0 Å². The van der Waals surface area contributed by atoms with Gasteiger partial charge >= 0.3 is 6.18 Å². The minimum Gasteiger partial charge on any atom is -0.322 e. The van der Waals surface area contributed by atoms with E-state index in [9.17, 15) is 22.4 Å². The lowest BCUT2D eigenvalue weighted by Gasteiger charge is -2.19. The van der Waals surface area contributed by atoms with Gasteiger partial charge in [0.15, 0.2) is 0 Å². The number of benzene rings is 2. The van der Waals surface area contributed by atoms with Gasteiger partial charge in [0.25, 0.3) is 5.91 Å². The Morgan fingerprint density at radius 1 is 1.19 bits per heavy atom. The summed E-state index contributed by atoms with van der Waals surface area (Å²) in [6.07, 6.45) is -3.93.